The van der Waals surface area contributed by atoms with E-state index < -0.39 is 0 Å². The molecule has 0 unspecified atom stereocenters. The van der Waals surface area contributed by atoms with Crippen molar-refractivity contribution in [3.8, 4) is 0 Å². The number of halogens is 1. The van der Waals surface area contributed by atoms with E-state index in [9.17, 15) is 4.39 Å². The SMILES string of the molecule is CSc1ccnc(SC)c1F. The zero-order valence-corrected chi connectivity index (χ0v) is 7.93. The van der Waals surface area contributed by atoms with Crippen LogP contribution in [0.2, 0.25) is 0 Å². The van der Waals surface area contributed by atoms with Crippen molar-refractivity contribution >= 4 is 23.5 Å². The number of thioether (sulfide) groups is 2. The summed E-state index contributed by atoms with van der Waals surface area (Å²) in [4.78, 5) is 4.54. The van der Waals surface area contributed by atoms with Gasteiger partial charge in [-0.3, -0.25) is 0 Å². The molecule has 0 spiro atoms. The van der Waals surface area contributed by atoms with E-state index in [1.807, 2.05) is 12.5 Å². The predicted molar refractivity (Wildman–Crippen MR) is 47.8 cm³/mol. The van der Waals surface area contributed by atoms with Crippen molar-refractivity contribution in [2.24, 2.45) is 0 Å². The molecular formula is C7H8FNS2. The first-order valence-corrected chi connectivity index (χ1v) is 5.47. The van der Waals surface area contributed by atoms with Gasteiger partial charge in [-0.2, -0.15) is 0 Å². The molecule has 0 N–H and O–H groups in total. The van der Waals surface area contributed by atoms with Gasteiger partial charge < -0.3 is 0 Å². The lowest BCUT2D eigenvalue weighted by Crippen LogP contribution is -1.87. The molecular weight excluding hydrogens is 181 g/mol. The maximum absolute atomic E-state index is 13.2. The second-order valence-corrected chi connectivity index (χ2v) is 3.48. The van der Waals surface area contributed by atoms with Gasteiger partial charge in [0.25, 0.3) is 0 Å². The normalized spacial score (nSPS) is 10.1. The molecule has 1 rings (SSSR count). The molecule has 0 aliphatic heterocycles. The van der Waals surface area contributed by atoms with Crippen molar-refractivity contribution in [1.29, 1.82) is 0 Å². The first kappa shape index (κ1) is 8.87. The summed E-state index contributed by atoms with van der Waals surface area (Å²) in [6.45, 7) is 0. The molecule has 0 saturated carbocycles. The van der Waals surface area contributed by atoms with Gasteiger partial charge in [0.1, 0.15) is 5.03 Å². The number of hydrogen-bond acceptors (Lipinski definition) is 3. The second kappa shape index (κ2) is 3.97. The van der Waals surface area contributed by atoms with Crippen molar-refractivity contribution in [3.63, 3.8) is 0 Å². The lowest BCUT2D eigenvalue weighted by Gasteiger charge is -2.00. The highest BCUT2D eigenvalue weighted by Gasteiger charge is 2.06. The smallest absolute Gasteiger partial charge is 0.168 e. The molecule has 0 aliphatic carbocycles. The van der Waals surface area contributed by atoms with Crippen LogP contribution in [0.25, 0.3) is 0 Å². The van der Waals surface area contributed by atoms with Gasteiger partial charge in [-0.05, 0) is 18.6 Å². The maximum Gasteiger partial charge on any atom is 0.168 e. The van der Waals surface area contributed by atoms with Gasteiger partial charge in [-0.25, -0.2) is 9.37 Å². The van der Waals surface area contributed by atoms with Gasteiger partial charge in [0.15, 0.2) is 5.82 Å². The molecule has 11 heavy (non-hydrogen) atoms. The van der Waals surface area contributed by atoms with Gasteiger partial charge in [0, 0.05) is 11.1 Å². The summed E-state index contributed by atoms with van der Waals surface area (Å²) < 4.78 is 13.2. The quantitative estimate of drug-likeness (QED) is 0.664. The Morgan fingerprint density at radius 3 is 2.64 bits per heavy atom. The van der Waals surface area contributed by atoms with E-state index in [0.29, 0.717) is 9.92 Å². The highest BCUT2D eigenvalue weighted by molar-refractivity contribution is 7.99. The van der Waals surface area contributed by atoms with Gasteiger partial charge in [0.05, 0.1) is 0 Å². The summed E-state index contributed by atoms with van der Waals surface area (Å²) in [5, 5.41) is 0.469. The minimum absolute atomic E-state index is 0.201. The van der Waals surface area contributed by atoms with Crippen LogP contribution in [0, 0.1) is 5.82 Å². The van der Waals surface area contributed by atoms with Crippen LogP contribution >= 0.6 is 23.5 Å². The van der Waals surface area contributed by atoms with Crippen molar-refractivity contribution in [2.45, 2.75) is 9.92 Å². The van der Waals surface area contributed by atoms with Crippen molar-refractivity contribution in [1.82, 2.24) is 4.98 Å². The number of rotatable bonds is 2. The lowest BCUT2D eigenvalue weighted by atomic mass is 10.5. The van der Waals surface area contributed by atoms with Crippen molar-refractivity contribution < 1.29 is 4.39 Å². The van der Waals surface area contributed by atoms with Gasteiger partial charge >= 0.3 is 0 Å². The highest BCUT2D eigenvalue weighted by atomic mass is 32.2. The molecule has 0 bridgehead atoms. The average Bonchev–Trinajstić information content (AvgIpc) is 2.05. The first-order chi connectivity index (χ1) is 5.29. The molecule has 1 heterocycles. The molecule has 0 atom stereocenters. The lowest BCUT2D eigenvalue weighted by molar-refractivity contribution is 0.561. The molecule has 0 aromatic carbocycles. The Morgan fingerprint density at radius 1 is 1.36 bits per heavy atom. The Balaban J connectivity index is 3.10. The second-order valence-electron chi connectivity index (χ2n) is 1.84. The largest absolute Gasteiger partial charge is 0.247 e. The molecule has 1 aromatic rings. The minimum Gasteiger partial charge on any atom is -0.247 e. The monoisotopic (exact) mass is 189 g/mol. The summed E-state index contributed by atoms with van der Waals surface area (Å²) in [6.07, 6.45) is 5.29. The standard InChI is InChI=1S/C7H8FNS2/c1-10-5-3-4-9-7(11-2)6(5)8/h3-4H,1-2H3. The molecule has 0 saturated heterocycles. The fraction of sp³-hybridized carbons (Fsp3) is 0.286. The van der Waals surface area contributed by atoms with Gasteiger partial charge in [0.2, 0.25) is 0 Å². The number of pyridine rings is 1. The fourth-order valence-electron chi connectivity index (χ4n) is 0.708. The van der Waals surface area contributed by atoms with E-state index in [4.69, 9.17) is 0 Å². The number of hydrogen-bond donors (Lipinski definition) is 0. The minimum atomic E-state index is -0.201. The molecule has 1 nitrogen and oxygen atoms in total. The van der Waals surface area contributed by atoms with E-state index in [1.165, 1.54) is 23.5 Å². The Bertz CT molecular complexity index is 230. The highest BCUT2D eigenvalue weighted by Crippen LogP contribution is 2.24. The summed E-state index contributed by atoms with van der Waals surface area (Å²) in [5.74, 6) is -0.201. The van der Waals surface area contributed by atoms with Crippen molar-refractivity contribution in [3.05, 3.63) is 18.1 Å². The third-order valence-corrected chi connectivity index (χ3v) is 2.66. The van der Waals surface area contributed by atoms with Crippen LogP contribution in [-0.4, -0.2) is 17.5 Å². The van der Waals surface area contributed by atoms with E-state index in [0.717, 1.165) is 0 Å². The Hall–Kier alpha value is -0.220. The summed E-state index contributed by atoms with van der Waals surface area (Å²) in [7, 11) is 0. The summed E-state index contributed by atoms with van der Waals surface area (Å²) >= 11 is 2.72. The Kier molecular flexibility index (Phi) is 3.20. The average molecular weight is 189 g/mol. The van der Waals surface area contributed by atoms with Crippen LogP contribution in [0.5, 0.6) is 0 Å². The molecule has 0 aliphatic rings. The summed E-state index contributed by atoms with van der Waals surface area (Å²) in [6, 6.07) is 1.68. The number of nitrogens with zero attached hydrogens (tertiary/aromatic N) is 1. The van der Waals surface area contributed by atoms with E-state index in [-0.39, 0.29) is 5.82 Å². The molecule has 0 fully saturated rings. The maximum atomic E-state index is 13.2. The zero-order valence-electron chi connectivity index (χ0n) is 6.30. The van der Waals surface area contributed by atoms with Crippen LogP contribution in [0.4, 0.5) is 4.39 Å². The van der Waals surface area contributed by atoms with Crippen molar-refractivity contribution in [2.75, 3.05) is 12.5 Å². The molecule has 4 heteroatoms. The Labute approximate surface area is 73.8 Å². The molecule has 1 aromatic heterocycles. The van der Waals surface area contributed by atoms with Crippen LogP contribution in [0.3, 0.4) is 0 Å². The van der Waals surface area contributed by atoms with E-state index >= 15 is 0 Å². The third kappa shape index (κ3) is 1.87. The third-order valence-electron chi connectivity index (χ3n) is 1.24. The fourth-order valence-corrected chi connectivity index (χ4v) is 1.70. The molecule has 0 radical (unpaired) electrons. The van der Waals surface area contributed by atoms with Crippen LogP contribution in [-0.2, 0) is 0 Å². The predicted octanol–water partition coefficient (Wildman–Crippen LogP) is 2.66. The van der Waals surface area contributed by atoms with E-state index in [1.54, 1.807) is 12.3 Å². The Morgan fingerprint density at radius 2 is 2.09 bits per heavy atom. The summed E-state index contributed by atoms with van der Waals surface area (Å²) in [5.41, 5.74) is 0. The zero-order chi connectivity index (χ0) is 8.27. The molecule has 0 amide bonds. The topological polar surface area (TPSA) is 12.9 Å². The van der Waals surface area contributed by atoms with Crippen LogP contribution < -0.4 is 0 Å². The van der Waals surface area contributed by atoms with Crippen LogP contribution in [0.15, 0.2) is 22.2 Å². The molecule has 60 valence electrons. The van der Waals surface area contributed by atoms with Crippen LogP contribution in [0.1, 0.15) is 0 Å². The van der Waals surface area contributed by atoms with E-state index in [2.05, 4.69) is 4.98 Å². The van der Waals surface area contributed by atoms with Gasteiger partial charge in [-0.1, -0.05) is 0 Å². The number of aromatic nitrogens is 1. The van der Waals surface area contributed by atoms with Gasteiger partial charge in [-0.15, -0.1) is 23.5 Å². The first-order valence-electron chi connectivity index (χ1n) is 3.02.